The Morgan fingerprint density at radius 3 is 2.40 bits per heavy atom. The summed E-state index contributed by atoms with van der Waals surface area (Å²) in [4.78, 5) is 4.32. The molecule has 0 bridgehead atoms. The zero-order valence-corrected chi connectivity index (χ0v) is 12.1. The van der Waals surface area contributed by atoms with Crippen molar-refractivity contribution in [3.05, 3.63) is 71.7 Å². The molecule has 0 fully saturated rings. The summed E-state index contributed by atoms with van der Waals surface area (Å²) in [5.74, 6) is 0. The molecular weight excluding hydrogens is 264 g/mol. The molecule has 1 atom stereocenters. The van der Waals surface area contributed by atoms with Gasteiger partial charge in [-0.3, -0.25) is 0 Å². The number of anilines is 1. The van der Waals surface area contributed by atoms with Crippen LogP contribution in [0.15, 0.2) is 66.2 Å². The van der Waals surface area contributed by atoms with Gasteiger partial charge in [-0.1, -0.05) is 30.3 Å². The summed E-state index contributed by atoms with van der Waals surface area (Å²) in [7, 11) is 0. The predicted octanol–water partition coefficient (Wildman–Crippen LogP) is 4.98. The quantitative estimate of drug-likeness (QED) is 0.728. The fraction of sp³-hybridized carbons (Fsp3) is 0.118. The molecule has 20 heavy (non-hydrogen) atoms. The van der Waals surface area contributed by atoms with E-state index in [9.17, 15) is 0 Å². The molecule has 0 saturated heterocycles. The monoisotopic (exact) mass is 280 g/mol. The second kappa shape index (κ2) is 5.88. The highest BCUT2D eigenvalue weighted by Gasteiger charge is 2.05. The van der Waals surface area contributed by atoms with Gasteiger partial charge < -0.3 is 5.32 Å². The van der Waals surface area contributed by atoms with Gasteiger partial charge in [0.2, 0.25) is 0 Å². The number of rotatable bonds is 4. The van der Waals surface area contributed by atoms with E-state index < -0.39 is 0 Å². The van der Waals surface area contributed by atoms with Crippen LogP contribution < -0.4 is 5.32 Å². The van der Waals surface area contributed by atoms with Gasteiger partial charge >= 0.3 is 0 Å². The van der Waals surface area contributed by atoms with Crippen LogP contribution in [-0.4, -0.2) is 4.98 Å². The van der Waals surface area contributed by atoms with Crippen LogP contribution >= 0.6 is 11.3 Å². The lowest BCUT2D eigenvalue weighted by Gasteiger charge is -2.15. The van der Waals surface area contributed by atoms with Crippen LogP contribution in [-0.2, 0) is 0 Å². The zero-order valence-electron chi connectivity index (χ0n) is 11.3. The van der Waals surface area contributed by atoms with Crippen molar-refractivity contribution in [2.75, 3.05) is 5.32 Å². The number of thiazole rings is 1. The largest absolute Gasteiger partial charge is 0.379 e. The van der Waals surface area contributed by atoms with E-state index in [0.717, 1.165) is 16.3 Å². The Kier molecular flexibility index (Phi) is 3.79. The highest BCUT2D eigenvalue weighted by molar-refractivity contribution is 7.13. The highest BCUT2D eigenvalue weighted by Crippen LogP contribution is 2.25. The third kappa shape index (κ3) is 2.89. The van der Waals surface area contributed by atoms with Gasteiger partial charge in [0.05, 0.1) is 0 Å². The molecule has 0 radical (unpaired) electrons. The summed E-state index contributed by atoms with van der Waals surface area (Å²) in [5.41, 5.74) is 3.58. The number of nitrogens with one attached hydrogen (secondary N) is 1. The maximum Gasteiger partial charge on any atom is 0.123 e. The molecule has 3 aromatic rings. The van der Waals surface area contributed by atoms with Crippen molar-refractivity contribution in [3.8, 4) is 10.6 Å². The normalized spacial score (nSPS) is 12.1. The predicted molar refractivity (Wildman–Crippen MR) is 86.0 cm³/mol. The minimum absolute atomic E-state index is 0.293. The summed E-state index contributed by atoms with van der Waals surface area (Å²) >= 11 is 1.66. The number of aromatic nitrogens is 1. The molecule has 0 aliphatic heterocycles. The van der Waals surface area contributed by atoms with Crippen molar-refractivity contribution >= 4 is 17.0 Å². The molecule has 100 valence electrons. The Morgan fingerprint density at radius 1 is 1.00 bits per heavy atom. The average molecular weight is 280 g/mol. The molecule has 3 rings (SSSR count). The summed E-state index contributed by atoms with van der Waals surface area (Å²) < 4.78 is 0. The van der Waals surface area contributed by atoms with E-state index in [0.29, 0.717) is 6.04 Å². The second-order valence-electron chi connectivity index (χ2n) is 4.69. The topological polar surface area (TPSA) is 24.9 Å². The van der Waals surface area contributed by atoms with E-state index in [-0.39, 0.29) is 0 Å². The molecule has 1 aromatic heterocycles. The zero-order chi connectivity index (χ0) is 13.8. The molecule has 0 spiro atoms. The maximum atomic E-state index is 4.32. The van der Waals surface area contributed by atoms with Gasteiger partial charge in [0.15, 0.2) is 0 Å². The van der Waals surface area contributed by atoms with E-state index in [1.54, 1.807) is 11.3 Å². The third-order valence-electron chi connectivity index (χ3n) is 3.25. The molecule has 0 amide bonds. The second-order valence-corrected chi connectivity index (χ2v) is 5.59. The lowest BCUT2D eigenvalue weighted by atomic mass is 10.1. The fourth-order valence-corrected chi connectivity index (χ4v) is 2.79. The van der Waals surface area contributed by atoms with Gasteiger partial charge in [0, 0.05) is 28.9 Å². The number of benzene rings is 2. The molecule has 2 nitrogen and oxygen atoms in total. The minimum Gasteiger partial charge on any atom is -0.379 e. The number of nitrogens with zero attached hydrogens (tertiary/aromatic N) is 1. The van der Waals surface area contributed by atoms with E-state index in [2.05, 4.69) is 65.8 Å². The first kappa shape index (κ1) is 12.9. The van der Waals surface area contributed by atoms with Gasteiger partial charge in [-0.2, -0.15) is 0 Å². The highest BCUT2D eigenvalue weighted by atomic mass is 32.1. The molecule has 1 heterocycles. The number of hydrogen-bond acceptors (Lipinski definition) is 3. The van der Waals surface area contributed by atoms with Crippen molar-refractivity contribution < 1.29 is 0 Å². The van der Waals surface area contributed by atoms with Crippen molar-refractivity contribution in [3.63, 3.8) is 0 Å². The smallest absolute Gasteiger partial charge is 0.123 e. The van der Waals surface area contributed by atoms with Crippen LogP contribution in [0.5, 0.6) is 0 Å². The Bertz CT molecular complexity index is 645. The van der Waals surface area contributed by atoms with Gasteiger partial charge in [-0.05, 0) is 36.8 Å². The molecule has 0 aliphatic carbocycles. The molecule has 0 aliphatic rings. The standard InChI is InChI=1S/C17H16N2S/c1-13(14-5-3-2-4-6-14)19-16-9-7-15(8-10-16)17-18-11-12-20-17/h2-13,19H,1H3. The Morgan fingerprint density at radius 2 is 1.75 bits per heavy atom. The summed E-state index contributed by atoms with van der Waals surface area (Å²) in [5, 5.41) is 6.58. The van der Waals surface area contributed by atoms with Crippen LogP contribution in [0, 0.1) is 0 Å². The van der Waals surface area contributed by atoms with Crippen LogP contribution in [0.2, 0.25) is 0 Å². The lowest BCUT2D eigenvalue weighted by Crippen LogP contribution is -2.06. The van der Waals surface area contributed by atoms with Crippen LogP contribution in [0.4, 0.5) is 5.69 Å². The van der Waals surface area contributed by atoms with E-state index >= 15 is 0 Å². The van der Waals surface area contributed by atoms with E-state index in [4.69, 9.17) is 0 Å². The van der Waals surface area contributed by atoms with Crippen molar-refractivity contribution in [2.45, 2.75) is 13.0 Å². The van der Waals surface area contributed by atoms with E-state index in [1.165, 1.54) is 5.56 Å². The van der Waals surface area contributed by atoms with Gasteiger partial charge in [0.1, 0.15) is 5.01 Å². The summed E-state index contributed by atoms with van der Waals surface area (Å²) in [6.45, 7) is 2.17. The Labute approximate surface area is 123 Å². The van der Waals surface area contributed by atoms with Crippen molar-refractivity contribution in [1.82, 2.24) is 4.98 Å². The van der Waals surface area contributed by atoms with Crippen molar-refractivity contribution in [1.29, 1.82) is 0 Å². The molecule has 0 saturated carbocycles. The average Bonchev–Trinajstić information content (AvgIpc) is 3.03. The molecule has 1 N–H and O–H groups in total. The lowest BCUT2D eigenvalue weighted by molar-refractivity contribution is 0.885. The van der Waals surface area contributed by atoms with Gasteiger partial charge in [0.25, 0.3) is 0 Å². The van der Waals surface area contributed by atoms with Crippen LogP contribution in [0.1, 0.15) is 18.5 Å². The molecule has 2 aromatic carbocycles. The summed E-state index contributed by atoms with van der Waals surface area (Å²) in [6.07, 6.45) is 1.84. The van der Waals surface area contributed by atoms with Crippen LogP contribution in [0.3, 0.4) is 0 Å². The first-order valence-corrected chi connectivity index (χ1v) is 7.52. The summed E-state index contributed by atoms with van der Waals surface area (Å²) in [6, 6.07) is 19.2. The van der Waals surface area contributed by atoms with Crippen LogP contribution in [0.25, 0.3) is 10.6 Å². The van der Waals surface area contributed by atoms with Gasteiger partial charge in [-0.25, -0.2) is 4.98 Å². The first-order valence-electron chi connectivity index (χ1n) is 6.64. The number of hydrogen-bond donors (Lipinski definition) is 1. The fourth-order valence-electron chi connectivity index (χ4n) is 2.15. The third-order valence-corrected chi connectivity index (χ3v) is 4.07. The van der Waals surface area contributed by atoms with Crippen molar-refractivity contribution in [2.24, 2.45) is 0 Å². The van der Waals surface area contributed by atoms with E-state index in [1.807, 2.05) is 17.6 Å². The SMILES string of the molecule is CC(Nc1ccc(-c2nccs2)cc1)c1ccccc1. The van der Waals surface area contributed by atoms with Gasteiger partial charge in [-0.15, -0.1) is 11.3 Å². The Hall–Kier alpha value is -2.13. The minimum atomic E-state index is 0.293. The Balaban J connectivity index is 1.72. The first-order chi connectivity index (χ1) is 9.83. The molecule has 3 heteroatoms. The molecule has 1 unspecified atom stereocenters. The molecular formula is C17H16N2S. The maximum absolute atomic E-state index is 4.32.